The highest BCUT2D eigenvalue weighted by molar-refractivity contribution is 9.10. The first-order valence-corrected chi connectivity index (χ1v) is 7.46. The first-order valence-electron chi connectivity index (χ1n) is 5.85. The maximum Gasteiger partial charge on any atom is 0.137 e. The summed E-state index contributed by atoms with van der Waals surface area (Å²) in [4.78, 5) is 5.69. The fourth-order valence-electron chi connectivity index (χ4n) is 1.80. The van der Waals surface area contributed by atoms with Crippen LogP contribution in [0.3, 0.4) is 0 Å². The van der Waals surface area contributed by atoms with E-state index in [1.165, 1.54) is 10.9 Å². The summed E-state index contributed by atoms with van der Waals surface area (Å²) in [5, 5.41) is 1.00. The average molecular weight is 344 g/mol. The predicted molar refractivity (Wildman–Crippen MR) is 79.5 cm³/mol. The molecule has 1 aromatic carbocycles. The largest absolute Gasteiger partial charge is 0.271 e. The molecule has 3 N–H and O–H groups in total. The molecule has 0 radical (unpaired) electrons. The lowest BCUT2D eigenvalue weighted by molar-refractivity contribution is 0.542. The van der Waals surface area contributed by atoms with Crippen LogP contribution in [0, 0.1) is 19.7 Å². The van der Waals surface area contributed by atoms with E-state index in [2.05, 4.69) is 26.3 Å². The Bertz CT molecular complexity index is 566. The molecule has 2 aromatic rings. The molecule has 0 bridgehead atoms. The third-order valence-electron chi connectivity index (χ3n) is 3.00. The van der Waals surface area contributed by atoms with E-state index in [1.54, 1.807) is 17.4 Å². The van der Waals surface area contributed by atoms with E-state index in [0.717, 1.165) is 16.3 Å². The molecule has 0 aliphatic heterocycles. The molecule has 0 spiro atoms. The predicted octanol–water partition coefficient (Wildman–Crippen LogP) is 3.41. The summed E-state index contributed by atoms with van der Waals surface area (Å²) >= 11 is 4.79. The van der Waals surface area contributed by atoms with Crippen molar-refractivity contribution in [2.24, 2.45) is 5.84 Å². The van der Waals surface area contributed by atoms with Crippen LogP contribution in [0.25, 0.3) is 0 Å². The molecule has 0 fully saturated rings. The molecule has 0 saturated heterocycles. The highest BCUT2D eigenvalue weighted by Gasteiger charge is 2.15. The molecule has 1 heterocycles. The highest BCUT2D eigenvalue weighted by atomic mass is 79.9. The van der Waals surface area contributed by atoms with Crippen molar-refractivity contribution >= 4 is 27.3 Å². The zero-order chi connectivity index (χ0) is 14.0. The summed E-state index contributed by atoms with van der Waals surface area (Å²) < 4.78 is 14.0. The van der Waals surface area contributed by atoms with E-state index in [4.69, 9.17) is 5.84 Å². The number of hydrogen-bond donors (Lipinski definition) is 2. The number of nitrogens with two attached hydrogens (primary N) is 1. The molecule has 0 aliphatic rings. The minimum Gasteiger partial charge on any atom is -0.271 e. The normalized spacial score (nSPS) is 12.7. The first kappa shape index (κ1) is 14.6. The highest BCUT2D eigenvalue weighted by Crippen LogP contribution is 2.25. The fourth-order valence-corrected chi connectivity index (χ4v) is 3.03. The van der Waals surface area contributed by atoms with Crippen molar-refractivity contribution in [3.05, 3.63) is 49.6 Å². The minimum absolute atomic E-state index is 0.146. The van der Waals surface area contributed by atoms with Gasteiger partial charge in [-0.2, -0.15) is 0 Å². The zero-order valence-corrected chi connectivity index (χ0v) is 13.1. The van der Waals surface area contributed by atoms with Crippen LogP contribution in [0.4, 0.5) is 4.39 Å². The van der Waals surface area contributed by atoms with Crippen LogP contribution >= 0.6 is 27.3 Å². The second kappa shape index (κ2) is 6.09. The quantitative estimate of drug-likeness (QED) is 0.660. The number of thiazole rings is 1. The van der Waals surface area contributed by atoms with Crippen LogP contribution in [0.1, 0.15) is 27.2 Å². The van der Waals surface area contributed by atoms with E-state index in [0.29, 0.717) is 10.9 Å². The van der Waals surface area contributed by atoms with Crippen LogP contribution in [0.2, 0.25) is 0 Å². The number of hydrazine groups is 1. The molecule has 1 aromatic heterocycles. The van der Waals surface area contributed by atoms with Crippen LogP contribution in [0.5, 0.6) is 0 Å². The van der Waals surface area contributed by atoms with Gasteiger partial charge in [0.05, 0.1) is 21.2 Å². The average Bonchev–Trinajstić information content (AvgIpc) is 2.69. The molecule has 19 heavy (non-hydrogen) atoms. The lowest BCUT2D eigenvalue weighted by atomic mass is 10.0. The Kier molecular flexibility index (Phi) is 4.67. The summed E-state index contributed by atoms with van der Waals surface area (Å²) in [6, 6.07) is 4.88. The monoisotopic (exact) mass is 343 g/mol. The van der Waals surface area contributed by atoms with Crippen molar-refractivity contribution < 1.29 is 4.39 Å². The Morgan fingerprint density at radius 1 is 1.47 bits per heavy atom. The smallest absolute Gasteiger partial charge is 0.137 e. The molecule has 1 unspecified atom stereocenters. The van der Waals surface area contributed by atoms with Gasteiger partial charge < -0.3 is 0 Å². The SMILES string of the molecule is Cc1nc(CC(NN)c2ccc(Br)c(F)c2)sc1C. The molecule has 6 heteroatoms. The Morgan fingerprint density at radius 3 is 2.74 bits per heavy atom. The van der Waals surface area contributed by atoms with Crippen molar-refractivity contribution in [3.8, 4) is 0 Å². The summed E-state index contributed by atoms with van der Waals surface area (Å²) in [6.45, 7) is 4.03. The van der Waals surface area contributed by atoms with Crippen LogP contribution in [-0.4, -0.2) is 4.98 Å². The Hall–Kier alpha value is -0.820. The van der Waals surface area contributed by atoms with Crippen LogP contribution < -0.4 is 11.3 Å². The zero-order valence-electron chi connectivity index (χ0n) is 10.7. The third-order valence-corrected chi connectivity index (χ3v) is 4.74. The maximum atomic E-state index is 13.6. The summed E-state index contributed by atoms with van der Waals surface area (Å²) in [5.74, 6) is 5.29. The van der Waals surface area contributed by atoms with Crippen molar-refractivity contribution in [2.75, 3.05) is 0 Å². The maximum absolute atomic E-state index is 13.6. The number of hydrogen-bond acceptors (Lipinski definition) is 4. The van der Waals surface area contributed by atoms with E-state index in [9.17, 15) is 4.39 Å². The molecule has 0 aliphatic carbocycles. The number of benzene rings is 1. The lowest BCUT2D eigenvalue weighted by Gasteiger charge is -2.15. The van der Waals surface area contributed by atoms with Gasteiger partial charge in [0.25, 0.3) is 0 Å². The molecule has 3 nitrogen and oxygen atoms in total. The first-order chi connectivity index (χ1) is 9.01. The molecule has 102 valence electrons. The van der Waals surface area contributed by atoms with Crippen LogP contribution in [0.15, 0.2) is 22.7 Å². The van der Waals surface area contributed by atoms with Gasteiger partial charge in [-0.15, -0.1) is 11.3 Å². The number of rotatable bonds is 4. The van der Waals surface area contributed by atoms with E-state index >= 15 is 0 Å². The topological polar surface area (TPSA) is 50.9 Å². The summed E-state index contributed by atoms with van der Waals surface area (Å²) in [5.41, 5.74) is 4.58. The van der Waals surface area contributed by atoms with Gasteiger partial charge in [0.15, 0.2) is 0 Å². The second-order valence-corrected chi connectivity index (χ2v) is 6.49. The van der Waals surface area contributed by atoms with Crippen molar-refractivity contribution in [1.82, 2.24) is 10.4 Å². The Labute approximate surface area is 124 Å². The number of halogens is 2. The number of nitrogens with zero attached hydrogens (tertiary/aromatic N) is 1. The minimum atomic E-state index is -0.288. The van der Waals surface area contributed by atoms with Crippen molar-refractivity contribution in [3.63, 3.8) is 0 Å². The molecule has 2 rings (SSSR count). The van der Waals surface area contributed by atoms with E-state index < -0.39 is 0 Å². The van der Waals surface area contributed by atoms with Gasteiger partial charge in [0.1, 0.15) is 5.82 Å². The van der Waals surface area contributed by atoms with Gasteiger partial charge in [0.2, 0.25) is 0 Å². The van der Waals surface area contributed by atoms with Gasteiger partial charge in [-0.1, -0.05) is 6.07 Å². The molecule has 1 atom stereocenters. The van der Waals surface area contributed by atoms with Gasteiger partial charge in [-0.25, -0.2) is 9.37 Å². The van der Waals surface area contributed by atoms with Crippen molar-refractivity contribution in [1.29, 1.82) is 0 Å². The third kappa shape index (κ3) is 3.39. The van der Waals surface area contributed by atoms with Gasteiger partial charge in [0, 0.05) is 11.3 Å². The summed E-state index contributed by atoms with van der Waals surface area (Å²) in [6.07, 6.45) is 0.650. The molecular formula is C13H15BrFN3S. The molecule has 0 saturated carbocycles. The standard InChI is InChI=1S/C13H15BrFN3S/c1-7-8(2)19-13(17-7)6-12(18-16)9-3-4-10(14)11(15)5-9/h3-5,12,18H,6,16H2,1-2H3. The number of nitrogens with one attached hydrogen (secondary N) is 1. The van der Waals surface area contributed by atoms with Gasteiger partial charge in [-0.05, 0) is 47.5 Å². The van der Waals surface area contributed by atoms with Crippen molar-refractivity contribution in [2.45, 2.75) is 26.3 Å². The fraction of sp³-hybridized carbons (Fsp3) is 0.308. The van der Waals surface area contributed by atoms with E-state index in [1.807, 2.05) is 19.9 Å². The number of aryl methyl sites for hydroxylation is 2. The van der Waals surface area contributed by atoms with Crippen LogP contribution in [-0.2, 0) is 6.42 Å². The van der Waals surface area contributed by atoms with Gasteiger partial charge >= 0.3 is 0 Å². The molecular weight excluding hydrogens is 329 g/mol. The molecule has 0 amide bonds. The second-order valence-electron chi connectivity index (χ2n) is 4.35. The lowest BCUT2D eigenvalue weighted by Crippen LogP contribution is -2.29. The summed E-state index contributed by atoms with van der Waals surface area (Å²) in [7, 11) is 0. The van der Waals surface area contributed by atoms with Gasteiger partial charge in [-0.3, -0.25) is 11.3 Å². The van der Waals surface area contributed by atoms with E-state index in [-0.39, 0.29) is 11.9 Å². The Morgan fingerprint density at radius 2 is 2.21 bits per heavy atom. The number of aromatic nitrogens is 1. The Balaban J connectivity index is 2.22.